The number of carbonyl (C=O) groups excluding carboxylic acids is 1. The summed E-state index contributed by atoms with van der Waals surface area (Å²) >= 11 is 2.88. The fourth-order valence-electron chi connectivity index (χ4n) is 3.50. The number of fused-ring (bicyclic) bond motifs is 1. The minimum Gasteiger partial charge on any atom is -0.383 e. The number of nitrogens with zero attached hydrogens (tertiary/aromatic N) is 2. The minimum absolute atomic E-state index is 0.0328. The Labute approximate surface area is 179 Å². The Bertz CT molecular complexity index is 965. The van der Waals surface area contributed by atoms with Crippen LogP contribution in [-0.4, -0.2) is 40.2 Å². The molecule has 0 bridgehead atoms. The van der Waals surface area contributed by atoms with E-state index >= 15 is 0 Å². The van der Waals surface area contributed by atoms with Crippen LogP contribution in [0.5, 0.6) is 0 Å². The van der Waals surface area contributed by atoms with E-state index in [1.165, 1.54) is 17.3 Å². The molecule has 0 saturated carbocycles. The molecule has 1 atom stereocenters. The molecule has 1 aliphatic rings. The van der Waals surface area contributed by atoms with Crippen molar-refractivity contribution >= 4 is 35.1 Å². The highest BCUT2D eigenvalue weighted by atomic mass is 32.2. The summed E-state index contributed by atoms with van der Waals surface area (Å²) in [6.45, 7) is 8.96. The van der Waals surface area contributed by atoms with E-state index in [1.54, 1.807) is 23.4 Å². The molecule has 0 unspecified atom stereocenters. The van der Waals surface area contributed by atoms with Gasteiger partial charge in [-0.3, -0.25) is 14.2 Å². The maximum absolute atomic E-state index is 12.9. The molecule has 1 aromatic heterocycles. The standard InChI is InChI=1S/C21H27N3O3S2/c1-12-8-13(2)18(14(3)9-12)23-17(25)11-28-21-22-16-10-15(4)29-19(16)20(26)24(21)6-7-27-5/h8-9,15H,6-7,10-11H2,1-5H3,(H,23,25)/t15-/m0/s1. The summed E-state index contributed by atoms with van der Waals surface area (Å²) in [5, 5.41) is 3.93. The fraction of sp³-hybridized carbons (Fsp3) is 0.476. The first-order chi connectivity index (χ1) is 13.8. The number of methoxy groups -OCH3 is 1. The second-order valence-electron chi connectivity index (χ2n) is 7.36. The van der Waals surface area contributed by atoms with Crippen LogP contribution in [-0.2, 0) is 22.5 Å². The highest BCUT2D eigenvalue weighted by molar-refractivity contribution is 8.00. The van der Waals surface area contributed by atoms with Crippen molar-refractivity contribution in [3.63, 3.8) is 0 Å². The van der Waals surface area contributed by atoms with Gasteiger partial charge in [-0.05, 0) is 31.9 Å². The highest BCUT2D eigenvalue weighted by Gasteiger charge is 2.26. The van der Waals surface area contributed by atoms with E-state index in [0.29, 0.717) is 23.6 Å². The van der Waals surface area contributed by atoms with E-state index in [4.69, 9.17) is 9.72 Å². The average molecular weight is 434 g/mol. The molecule has 29 heavy (non-hydrogen) atoms. The number of amides is 1. The highest BCUT2D eigenvalue weighted by Crippen LogP contribution is 2.34. The topological polar surface area (TPSA) is 73.2 Å². The zero-order chi connectivity index (χ0) is 21.1. The smallest absolute Gasteiger partial charge is 0.268 e. The average Bonchev–Trinajstić information content (AvgIpc) is 3.03. The Morgan fingerprint density at radius 3 is 2.69 bits per heavy atom. The number of carbonyl (C=O) groups is 1. The van der Waals surface area contributed by atoms with Crippen molar-refractivity contribution in [1.82, 2.24) is 9.55 Å². The molecule has 1 amide bonds. The van der Waals surface area contributed by atoms with Crippen LogP contribution in [0.4, 0.5) is 5.69 Å². The Hall–Kier alpha value is -1.77. The molecule has 0 saturated heterocycles. The lowest BCUT2D eigenvalue weighted by Gasteiger charge is -2.15. The first kappa shape index (κ1) is 21.9. The van der Waals surface area contributed by atoms with Gasteiger partial charge in [0.1, 0.15) is 0 Å². The second-order valence-corrected chi connectivity index (χ2v) is 9.75. The number of anilines is 1. The van der Waals surface area contributed by atoms with Crippen molar-refractivity contribution in [2.45, 2.75) is 56.0 Å². The number of hydrogen-bond acceptors (Lipinski definition) is 6. The predicted molar refractivity (Wildman–Crippen MR) is 119 cm³/mol. The van der Waals surface area contributed by atoms with Crippen LogP contribution in [0.2, 0.25) is 0 Å². The summed E-state index contributed by atoms with van der Waals surface area (Å²) in [7, 11) is 1.61. The van der Waals surface area contributed by atoms with Gasteiger partial charge in [-0.2, -0.15) is 0 Å². The summed E-state index contributed by atoms with van der Waals surface area (Å²) in [5.74, 6) is 0.0778. The van der Waals surface area contributed by atoms with Crippen molar-refractivity contribution in [3.05, 3.63) is 44.9 Å². The maximum Gasteiger partial charge on any atom is 0.268 e. The minimum atomic E-state index is -0.110. The lowest BCUT2D eigenvalue weighted by molar-refractivity contribution is -0.113. The number of aryl methyl sites for hydroxylation is 3. The Morgan fingerprint density at radius 1 is 1.34 bits per heavy atom. The van der Waals surface area contributed by atoms with Crippen molar-refractivity contribution in [2.75, 3.05) is 24.8 Å². The van der Waals surface area contributed by atoms with Crippen LogP contribution in [0.3, 0.4) is 0 Å². The van der Waals surface area contributed by atoms with Crippen LogP contribution in [0.25, 0.3) is 0 Å². The normalized spacial score (nSPS) is 15.4. The number of hydrogen-bond donors (Lipinski definition) is 1. The van der Waals surface area contributed by atoms with Crippen LogP contribution >= 0.6 is 23.5 Å². The van der Waals surface area contributed by atoms with Crippen molar-refractivity contribution in [1.29, 1.82) is 0 Å². The number of nitrogens with one attached hydrogen (secondary N) is 1. The van der Waals surface area contributed by atoms with Gasteiger partial charge in [-0.1, -0.05) is 36.4 Å². The van der Waals surface area contributed by atoms with Crippen molar-refractivity contribution < 1.29 is 9.53 Å². The molecule has 0 aliphatic carbocycles. The fourth-order valence-corrected chi connectivity index (χ4v) is 5.46. The molecule has 8 heteroatoms. The lowest BCUT2D eigenvalue weighted by atomic mass is 10.1. The summed E-state index contributed by atoms with van der Waals surface area (Å²) in [4.78, 5) is 31.0. The summed E-state index contributed by atoms with van der Waals surface area (Å²) < 4.78 is 6.79. The molecule has 0 radical (unpaired) electrons. The molecule has 6 nitrogen and oxygen atoms in total. The number of benzene rings is 1. The number of ether oxygens (including phenoxy) is 1. The summed E-state index contributed by atoms with van der Waals surface area (Å²) in [6.07, 6.45) is 0.780. The molecule has 1 N–H and O–H groups in total. The molecule has 2 heterocycles. The van der Waals surface area contributed by atoms with Crippen LogP contribution < -0.4 is 10.9 Å². The number of rotatable bonds is 7. The van der Waals surface area contributed by atoms with Gasteiger partial charge in [0.25, 0.3) is 5.56 Å². The number of aromatic nitrogens is 2. The largest absolute Gasteiger partial charge is 0.383 e. The molecule has 0 fully saturated rings. The molecule has 3 rings (SSSR count). The van der Waals surface area contributed by atoms with E-state index in [0.717, 1.165) is 33.8 Å². The molecule has 1 aliphatic heterocycles. The van der Waals surface area contributed by atoms with Gasteiger partial charge in [0.15, 0.2) is 5.16 Å². The molecule has 0 spiro atoms. The van der Waals surface area contributed by atoms with Crippen molar-refractivity contribution in [3.8, 4) is 0 Å². The summed E-state index contributed by atoms with van der Waals surface area (Å²) in [6, 6.07) is 4.11. The molecule has 1 aromatic carbocycles. The van der Waals surface area contributed by atoms with Gasteiger partial charge in [0.05, 0.1) is 29.5 Å². The third-order valence-corrected chi connectivity index (χ3v) is 6.95. The predicted octanol–water partition coefficient (Wildman–Crippen LogP) is 3.58. The molecule has 156 valence electrons. The van der Waals surface area contributed by atoms with E-state index < -0.39 is 0 Å². The monoisotopic (exact) mass is 433 g/mol. The molecule has 2 aromatic rings. The Morgan fingerprint density at radius 2 is 2.03 bits per heavy atom. The van der Waals surface area contributed by atoms with Gasteiger partial charge in [0, 0.05) is 24.5 Å². The third-order valence-electron chi connectivity index (χ3n) is 4.76. The second kappa shape index (κ2) is 9.36. The van der Waals surface area contributed by atoms with Gasteiger partial charge in [-0.15, -0.1) is 11.8 Å². The quantitative estimate of drug-likeness (QED) is 0.531. The van der Waals surface area contributed by atoms with E-state index in [9.17, 15) is 9.59 Å². The molecular formula is C21H27N3O3S2. The molecular weight excluding hydrogens is 406 g/mol. The zero-order valence-corrected chi connectivity index (χ0v) is 19.1. The van der Waals surface area contributed by atoms with Gasteiger partial charge < -0.3 is 10.1 Å². The maximum atomic E-state index is 12.9. The van der Waals surface area contributed by atoms with E-state index in [2.05, 4.69) is 24.4 Å². The van der Waals surface area contributed by atoms with Crippen LogP contribution in [0.15, 0.2) is 27.0 Å². The Kier molecular flexibility index (Phi) is 7.08. The number of thioether (sulfide) groups is 2. The van der Waals surface area contributed by atoms with E-state index in [1.807, 2.05) is 20.8 Å². The van der Waals surface area contributed by atoms with Crippen LogP contribution in [0, 0.1) is 20.8 Å². The van der Waals surface area contributed by atoms with Gasteiger partial charge in [-0.25, -0.2) is 4.98 Å². The third kappa shape index (κ3) is 5.05. The van der Waals surface area contributed by atoms with E-state index in [-0.39, 0.29) is 17.2 Å². The SMILES string of the molecule is COCCn1c(SCC(=O)Nc2c(C)cc(C)cc2C)nc2c(c1=O)S[C@@H](C)C2. The lowest BCUT2D eigenvalue weighted by Crippen LogP contribution is -2.27. The summed E-state index contributed by atoms with van der Waals surface area (Å²) in [5.41, 5.74) is 4.91. The first-order valence-corrected chi connectivity index (χ1v) is 11.5. The van der Waals surface area contributed by atoms with Gasteiger partial charge in [0.2, 0.25) is 5.91 Å². The van der Waals surface area contributed by atoms with Crippen molar-refractivity contribution in [2.24, 2.45) is 0 Å². The van der Waals surface area contributed by atoms with Crippen LogP contribution in [0.1, 0.15) is 29.3 Å². The van der Waals surface area contributed by atoms with Gasteiger partial charge >= 0.3 is 0 Å². The zero-order valence-electron chi connectivity index (χ0n) is 17.5. The first-order valence-electron chi connectivity index (χ1n) is 9.60. The Balaban J connectivity index is 1.78.